The first-order chi connectivity index (χ1) is 10.7. The number of hydrogen-bond acceptors (Lipinski definition) is 2. The third kappa shape index (κ3) is 4.94. The number of benzene rings is 2. The Kier molecular flexibility index (Phi) is 5.55. The summed E-state index contributed by atoms with van der Waals surface area (Å²) in [5, 5.41) is 2.78. The molecule has 0 aliphatic carbocycles. The predicted octanol–water partition coefficient (Wildman–Crippen LogP) is 4.86. The van der Waals surface area contributed by atoms with E-state index in [0.29, 0.717) is 0 Å². The molecule has 3 heteroatoms. The number of rotatable bonds is 5. The Labute approximate surface area is 130 Å². The van der Waals surface area contributed by atoms with Crippen molar-refractivity contribution < 1.29 is 9.53 Å². The van der Waals surface area contributed by atoms with E-state index in [0.717, 1.165) is 17.2 Å². The highest BCUT2D eigenvalue weighted by Gasteiger charge is 2.00. The van der Waals surface area contributed by atoms with Crippen LogP contribution in [0.25, 0.3) is 0 Å². The van der Waals surface area contributed by atoms with E-state index in [4.69, 9.17) is 4.74 Å². The van der Waals surface area contributed by atoms with Gasteiger partial charge in [-0.1, -0.05) is 35.9 Å². The van der Waals surface area contributed by atoms with Gasteiger partial charge in [0.15, 0.2) is 0 Å². The van der Waals surface area contributed by atoms with Crippen LogP contribution in [-0.2, 0) is 4.79 Å². The maximum atomic E-state index is 11.6. The summed E-state index contributed by atoms with van der Waals surface area (Å²) < 4.78 is 5.74. The fraction of sp³-hybridized carbons (Fsp3) is 0.105. The van der Waals surface area contributed by atoms with E-state index in [1.807, 2.05) is 68.5 Å². The van der Waals surface area contributed by atoms with Crippen molar-refractivity contribution in [2.45, 2.75) is 13.8 Å². The van der Waals surface area contributed by atoms with Gasteiger partial charge in [0, 0.05) is 11.8 Å². The van der Waals surface area contributed by atoms with Crippen LogP contribution in [-0.4, -0.2) is 5.91 Å². The summed E-state index contributed by atoms with van der Waals surface area (Å²) in [6.07, 6.45) is 6.85. The second-order valence-corrected chi connectivity index (χ2v) is 4.81. The number of ether oxygens (including phenoxy) is 1. The van der Waals surface area contributed by atoms with E-state index in [1.165, 1.54) is 11.6 Å². The van der Waals surface area contributed by atoms with Crippen molar-refractivity contribution in [3.63, 3.8) is 0 Å². The lowest BCUT2D eigenvalue weighted by Gasteiger charge is -2.07. The number of nitrogens with one attached hydrogen (secondary N) is 1. The lowest BCUT2D eigenvalue weighted by Crippen LogP contribution is -2.07. The molecule has 1 amide bonds. The van der Waals surface area contributed by atoms with Gasteiger partial charge in [-0.15, -0.1) is 0 Å². The van der Waals surface area contributed by atoms with Gasteiger partial charge in [0.05, 0.1) is 0 Å². The maximum Gasteiger partial charge on any atom is 0.248 e. The Morgan fingerprint density at radius 3 is 2.14 bits per heavy atom. The van der Waals surface area contributed by atoms with Gasteiger partial charge >= 0.3 is 0 Å². The summed E-state index contributed by atoms with van der Waals surface area (Å²) in [6.45, 7) is 3.93. The topological polar surface area (TPSA) is 38.3 Å². The molecule has 0 atom stereocenters. The number of hydrogen-bond donors (Lipinski definition) is 1. The molecule has 112 valence electrons. The van der Waals surface area contributed by atoms with E-state index >= 15 is 0 Å². The monoisotopic (exact) mass is 293 g/mol. The molecule has 2 aromatic carbocycles. The molecule has 0 aliphatic rings. The molecule has 0 radical (unpaired) electrons. The van der Waals surface area contributed by atoms with Gasteiger partial charge < -0.3 is 10.1 Å². The molecule has 0 unspecified atom stereocenters. The maximum absolute atomic E-state index is 11.6. The molecule has 22 heavy (non-hydrogen) atoms. The van der Waals surface area contributed by atoms with Crippen LogP contribution >= 0.6 is 0 Å². The third-order valence-corrected chi connectivity index (χ3v) is 2.93. The van der Waals surface area contributed by atoms with Gasteiger partial charge in [0.25, 0.3) is 0 Å². The van der Waals surface area contributed by atoms with Crippen molar-refractivity contribution in [3.05, 3.63) is 78.4 Å². The number of carbonyl (C=O) groups is 1. The Balaban J connectivity index is 1.95. The minimum Gasteiger partial charge on any atom is -0.457 e. The molecule has 0 aromatic heterocycles. The van der Waals surface area contributed by atoms with E-state index < -0.39 is 0 Å². The molecule has 2 rings (SSSR count). The summed E-state index contributed by atoms with van der Waals surface area (Å²) in [5.74, 6) is 1.35. The van der Waals surface area contributed by atoms with E-state index in [9.17, 15) is 4.79 Å². The number of anilines is 1. The molecule has 0 aliphatic heterocycles. The standard InChI is InChI=1S/C19H19NO2/c1-3-4-5-6-19(21)20-16-9-13-18(14-10-16)22-17-11-7-15(2)8-12-17/h3-14H,1-2H3,(H,20,21)/b4-3+,6-5+. The SMILES string of the molecule is C/C=C/C=C/C(=O)Nc1ccc(Oc2ccc(C)cc2)cc1. The summed E-state index contributed by atoms with van der Waals surface area (Å²) in [6, 6.07) is 15.1. The average molecular weight is 293 g/mol. The molecule has 1 N–H and O–H groups in total. The summed E-state index contributed by atoms with van der Waals surface area (Å²) in [5.41, 5.74) is 1.92. The lowest BCUT2D eigenvalue weighted by atomic mass is 10.2. The van der Waals surface area contributed by atoms with E-state index in [2.05, 4.69) is 5.32 Å². The molecule has 2 aromatic rings. The summed E-state index contributed by atoms with van der Waals surface area (Å²) in [4.78, 5) is 11.6. The van der Waals surface area contributed by atoms with Gasteiger partial charge in [0.1, 0.15) is 11.5 Å². The van der Waals surface area contributed by atoms with Crippen LogP contribution in [0.15, 0.2) is 72.8 Å². The number of amides is 1. The van der Waals surface area contributed by atoms with E-state index in [1.54, 1.807) is 12.2 Å². The molecule has 0 bridgehead atoms. The molecule has 3 nitrogen and oxygen atoms in total. The zero-order valence-corrected chi connectivity index (χ0v) is 12.7. The summed E-state index contributed by atoms with van der Waals surface area (Å²) in [7, 11) is 0. The van der Waals surface area contributed by atoms with Gasteiger partial charge in [-0.3, -0.25) is 4.79 Å². The van der Waals surface area contributed by atoms with Crippen LogP contribution in [0, 0.1) is 6.92 Å². The molecule has 0 spiro atoms. The smallest absolute Gasteiger partial charge is 0.248 e. The first-order valence-electron chi connectivity index (χ1n) is 7.12. The predicted molar refractivity (Wildman–Crippen MR) is 90.3 cm³/mol. The van der Waals surface area contributed by atoms with Crippen molar-refractivity contribution in [3.8, 4) is 11.5 Å². The highest BCUT2D eigenvalue weighted by atomic mass is 16.5. The Bertz CT molecular complexity index is 668. The van der Waals surface area contributed by atoms with Crippen LogP contribution in [0.1, 0.15) is 12.5 Å². The van der Waals surface area contributed by atoms with Crippen molar-refractivity contribution in [1.82, 2.24) is 0 Å². The van der Waals surface area contributed by atoms with Crippen LogP contribution in [0.3, 0.4) is 0 Å². The van der Waals surface area contributed by atoms with Crippen molar-refractivity contribution in [2.75, 3.05) is 5.32 Å². The van der Waals surface area contributed by atoms with Gasteiger partial charge in [0.2, 0.25) is 5.91 Å². The Hall–Kier alpha value is -2.81. The normalized spacial score (nSPS) is 11.0. The van der Waals surface area contributed by atoms with Crippen LogP contribution < -0.4 is 10.1 Å². The molecule has 0 saturated carbocycles. The Morgan fingerprint density at radius 1 is 0.955 bits per heavy atom. The van der Waals surface area contributed by atoms with Crippen LogP contribution in [0.5, 0.6) is 11.5 Å². The van der Waals surface area contributed by atoms with Crippen LogP contribution in [0.2, 0.25) is 0 Å². The van der Waals surface area contributed by atoms with Crippen molar-refractivity contribution in [2.24, 2.45) is 0 Å². The first-order valence-corrected chi connectivity index (χ1v) is 7.12. The number of carbonyl (C=O) groups excluding carboxylic acids is 1. The fourth-order valence-corrected chi connectivity index (χ4v) is 1.79. The van der Waals surface area contributed by atoms with Crippen molar-refractivity contribution >= 4 is 11.6 Å². The fourth-order valence-electron chi connectivity index (χ4n) is 1.79. The zero-order chi connectivity index (χ0) is 15.8. The first kappa shape index (κ1) is 15.6. The zero-order valence-electron chi connectivity index (χ0n) is 12.7. The van der Waals surface area contributed by atoms with Gasteiger partial charge in [-0.25, -0.2) is 0 Å². The quantitative estimate of drug-likeness (QED) is 0.631. The van der Waals surface area contributed by atoms with Gasteiger partial charge in [-0.05, 0) is 50.2 Å². The third-order valence-electron chi connectivity index (χ3n) is 2.93. The number of allylic oxidation sites excluding steroid dienone is 3. The second-order valence-electron chi connectivity index (χ2n) is 4.81. The summed E-state index contributed by atoms with van der Waals surface area (Å²) >= 11 is 0. The Morgan fingerprint density at radius 2 is 1.55 bits per heavy atom. The molecular weight excluding hydrogens is 274 g/mol. The highest BCUT2D eigenvalue weighted by molar-refractivity contribution is 5.99. The van der Waals surface area contributed by atoms with Crippen molar-refractivity contribution in [1.29, 1.82) is 0 Å². The number of aryl methyl sites for hydroxylation is 1. The van der Waals surface area contributed by atoms with Crippen LogP contribution in [0.4, 0.5) is 5.69 Å². The molecule has 0 heterocycles. The lowest BCUT2D eigenvalue weighted by molar-refractivity contribution is -0.111. The van der Waals surface area contributed by atoms with E-state index in [-0.39, 0.29) is 5.91 Å². The minimum atomic E-state index is -0.162. The largest absolute Gasteiger partial charge is 0.457 e. The molecular formula is C19H19NO2. The van der Waals surface area contributed by atoms with Gasteiger partial charge in [-0.2, -0.15) is 0 Å². The highest BCUT2D eigenvalue weighted by Crippen LogP contribution is 2.23. The minimum absolute atomic E-state index is 0.162. The molecule has 0 saturated heterocycles. The molecule has 0 fully saturated rings. The average Bonchev–Trinajstić information content (AvgIpc) is 2.52. The second kappa shape index (κ2) is 7.84.